The smallest absolute Gasteiger partial charge is 0.233 e. The Morgan fingerprint density at radius 2 is 1.93 bits per heavy atom. The zero-order valence-electron chi connectivity index (χ0n) is 15.9. The predicted octanol–water partition coefficient (Wildman–Crippen LogP) is 4.02. The fraction of sp³-hybridized carbons (Fsp3) is 0.286. The number of hydrogen-bond donors (Lipinski definition) is 0. The van der Waals surface area contributed by atoms with Crippen molar-refractivity contribution in [3.8, 4) is 5.69 Å². The predicted molar refractivity (Wildman–Crippen MR) is 109 cm³/mol. The van der Waals surface area contributed by atoms with E-state index in [0.717, 1.165) is 22.0 Å². The summed E-state index contributed by atoms with van der Waals surface area (Å²) in [7, 11) is 0. The average Bonchev–Trinajstić information content (AvgIpc) is 3.13. The monoisotopic (exact) mass is 380 g/mol. The SMILES string of the molecule is CCN(Cc1ccccc1)C(=O)CSc1nncn1-c1ccc(C)cc1C. The summed E-state index contributed by atoms with van der Waals surface area (Å²) in [6.07, 6.45) is 1.70. The summed E-state index contributed by atoms with van der Waals surface area (Å²) in [6, 6.07) is 16.3. The van der Waals surface area contributed by atoms with Gasteiger partial charge in [-0.05, 0) is 38.0 Å². The molecule has 0 aliphatic carbocycles. The van der Waals surface area contributed by atoms with Gasteiger partial charge in [-0.25, -0.2) is 0 Å². The molecular formula is C21H24N4OS. The van der Waals surface area contributed by atoms with Crippen molar-refractivity contribution in [2.75, 3.05) is 12.3 Å². The topological polar surface area (TPSA) is 51.0 Å². The van der Waals surface area contributed by atoms with Gasteiger partial charge in [0, 0.05) is 13.1 Å². The molecule has 0 spiro atoms. The normalized spacial score (nSPS) is 10.8. The number of amides is 1. The highest BCUT2D eigenvalue weighted by Crippen LogP contribution is 2.23. The molecule has 1 amide bonds. The number of hydrogen-bond acceptors (Lipinski definition) is 4. The van der Waals surface area contributed by atoms with E-state index < -0.39 is 0 Å². The number of aromatic nitrogens is 3. The third-order valence-electron chi connectivity index (χ3n) is 4.40. The molecule has 3 rings (SSSR count). The molecule has 0 saturated carbocycles. The van der Waals surface area contributed by atoms with Gasteiger partial charge in [-0.15, -0.1) is 10.2 Å². The minimum atomic E-state index is 0.0986. The molecule has 5 nitrogen and oxygen atoms in total. The van der Waals surface area contributed by atoms with Crippen LogP contribution in [0.25, 0.3) is 5.69 Å². The summed E-state index contributed by atoms with van der Waals surface area (Å²) in [5.74, 6) is 0.436. The fourth-order valence-electron chi connectivity index (χ4n) is 2.96. The van der Waals surface area contributed by atoms with Crippen LogP contribution in [0.2, 0.25) is 0 Å². The van der Waals surface area contributed by atoms with Gasteiger partial charge in [-0.2, -0.15) is 0 Å². The molecule has 0 atom stereocenters. The highest BCUT2D eigenvalue weighted by atomic mass is 32.2. The maximum Gasteiger partial charge on any atom is 0.233 e. The molecular weight excluding hydrogens is 356 g/mol. The summed E-state index contributed by atoms with van der Waals surface area (Å²) in [5.41, 5.74) is 4.55. The first kappa shape index (κ1) is 19.2. The second-order valence-electron chi connectivity index (χ2n) is 6.46. The molecule has 27 heavy (non-hydrogen) atoms. The van der Waals surface area contributed by atoms with E-state index in [-0.39, 0.29) is 5.91 Å². The first-order valence-electron chi connectivity index (χ1n) is 9.00. The number of rotatable bonds is 7. The maximum atomic E-state index is 12.7. The standard InChI is InChI=1S/C21H24N4OS/c1-4-24(13-18-8-6-5-7-9-18)20(26)14-27-21-23-22-15-25(21)19-11-10-16(2)12-17(19)3/h5-12,15H,4,13-14H2,1-3H3. The minimum Gasteiger partial charge on any atom is -0.338 e. The summed E-state index contributed by atoms with van der Waals surface area (Å²) in [6.45, 7) is 7.45. The summed E-state index contributed by atoms with van der Waals surface area (Å²) in [4.78, 5) is 14.5. The van der Waals surface area contributed by atoms with E-state index in [4.69, 9.17) is 0 Å². The highest BCUT2D eigenvalue weighted by Gasteiger charge is 2.16. The van der Waals surface area contributed by atoms with Gasteiger partial charge in [-0.1, -0.05) is 59.8 Å². The van der Waals surface area contributed by atoms with Gasteiger partial charge >= 0.3 is 0 Å². The quantitative estimate of drug-likeness (QED) is 0.581. The third kappa shape index (κ3) is 4.77. The van der Waals surface area contributed by atoms with Crippen LogP contribution in [-0.4, -0.2) is 37.9 Å². The number of aryl methyl sites for hydroxylation is 2. The molecule has 3 aromatic rings. The Balaban J connectivity index is 1.68. The van der Waals surface area contributed by atoms with E-state index in [1.165, 1.54) is 17.3 Å². The number of thioether (sulfide) groups is 1. The van der Waals surface area contributed by atoms with E-state index in [9.17, 15) is 4.79 Å². The van der Waals surface area contributed by atoms with Crippen LogP contribution in [0, 0.1) is 13.8 Å². The van der Waals surface area contributed by atoms with Crippen LogP contribution in [0.5, 0.6) is 0 Å². The second kappa shape index (κ2) is 8.86. The number of carbonyl (C=O) groups is 1. The molecule has 0 aliphatic heterocycles. The molecule has 1 heterocycles. The van der Waals surface area contributed by atoms with Crippen molar-refractivity contribution in [1.82, 2.24) is 19.7 Å². The second-order valence-corrected chi connectivity index (χ2v) is 7.40. The van der Waals surface area contributed by atoms with Crippen LogP contribution in [0.15, 0.2) is 60.0 Å². The van der Waals surface area contributed by atoms with Gasteiger partial charge in [0.15, 0.2) is 5.16 Å². The summed E-state index contributed by atoms with van der Waals surface area (Å²) < 4.78 is 1.94. The summed E-state index contributed by atoms with van der Waals surface area (Å²) in [5, 5.41) is 8.97. The Kier molecular flexibility index (Phi) is 6.29. The Morgan fingerprint density at radius 3 is 2.63 bits per heavy atom. The fourth-order valence-corrected chi connectivity index (χ4v) is 3.79. The lowest BCUT2D eigenvalue weighted by Crippen LogP contribution is -2.31. The molecule has 6 heteroatoms. The molecule has 0 N–H and O–H groups in total. The lowest BCUT2D eigenvalue weighted by molar-refractivity contribution is -0.128. The Morgan fingerprint density at radius 1 is 1.15 bits per heavy atom. The zero-order valence-corrected chi connectivity index (χ0v) is 16.7. The van der Waals surface area contributed by atoms with Crippen molar-refractivity contribution in [1.29, 1.82) is 0 Å². The molecule has 0 radical (unpaired) electrons. The largest absolute Gasteiger partial charge is 0.338 e. The first-order chi connectivity index (χ1) is 13.1. The molecule has 1 aromatic heterocycles. The molecule has 0 fully saturated rings. The number of nitrogens with zero attached hydrogens (tertiary/aromatic N) is 4. The van der Waals surface area contributed by atoms with Gasteiger partial charge in [0.2, 0.25) is 5.91 Å². The maximum absolute atomic E-state index is 12.7. The molecule has 2 aromatic carbocycles. The zero-order chi connectivity index (χ0) is 19.2. The van der Waals surface area contributed by atoms with E-state index in [1.54, 1.807) is 6.33 Å². The van der Waals surface area contributed by atoms with Crippen LogP contribution in [-0.2, 0) is 11.3 Å². The van der Waals surface area contributed by atoms with Crippen molar-refractivity contribution < 1.29 is 4.79 Å². The van der Waals surface area contributed by atoms with Crippen molar-refractivity contribution in [2.24, 2.45) is 0 Å². The Labute approximate surface area is 164 Å². The van der Waals surface area contributed by atoms with Crippen molar-refractivity contribution in [2.45, 2.75) is 32.5 Å². The minimum absolute atomic E-state index is 0.0986. The molecule has 0 saturated heterocycles. The van der Waals surface area contributed by atoms with Crippen molar-refractivity contribution in [3.05, 3.63) is 71.5 Å². The van der Waals surface area contributed by atoms with Gasteiger partial charge in [0.25, 0.3) is 0 Å². The molecule has 0 aliphatic rings. The van der Waals surface area contributed by atoms with E-state index >= 15 is 0 Å². The van der Waals surface area contributed by atoms with Gasteiger partial charge in [0.1, 0.15) is 6.33 Å². The van der Waals surface area contributed by atoms with Crippen LogP contribution < -0.4 is 0 Å². The third-order valence-corrected chi connectivity index (χ3v) is 5.33. The van der Waals surface area contributed by atoms with Crippen LogP contribution in [0.4, 0.5) is 0 Å². The lowest BCUT2D eigenvalue weighted by Gasteiger charge is -2.20. The lowest BCUT2D eigenvalue weighted by atomic mass is 10.1. The van der Waals surface area contributed by atoms with Crippen LogP contribution in [0.1, 0.15) is 23.6 Å². The summed E-state index contributed by atoms with van der Waals surface area (Å²) >= 11 is 1.42. The van der Waals surface area contributed by atoms with E-state index in [0.29, 0.717) is 18.8 Å². The Bertz CT molecular complexity index is 908. The highest BCUT2D eigenvalue weighted by molar-refractivity contribution is 7.99. The van der Waals surface area contributed by atoms with Crippen molar-refractivity contribution >= 4 is 17.7 Å². The van der Waals surface area contributed by atoms with Gasteiger partial charge in [-0.3, -0.25) is 9.36 Å². The average molecular weight is 381 g/mol. The van der Waals surface area contributed by atoms with Crippen molar-refractivity contribution in [3.63, 3.8) is 0 Å². The molecule has 0 bridgehead atoms. The van der Waals surface area contributed by atoms with Crippen LogP contribution in [0.3, 0.4) is 0 Å². The Hall–Kier alpha value is -2.60. The first-order valence-corrected chi connectivity index (χ1v) is 9.99. The van der Waals surface area contributed by atoms with Gasteiger partial charge < -0.3 is 4.90 Å². The number of benzene rings is 2. The molecule has 0 unspecified atom stereocenters. The van der Waals surface area contributed by atoms with E-state index in [1.807, 2.05) is 46.7 Å². The van der Waals surface area contributed by atoms with E-state index in [2.05, 4.69) is 42.2 Å². The molecule has 140 valence electrons. The number of carbonyl (C=O) groups excluding carboxylic acids is 1. The van der Waals surface area contributed by atoms with Crippen LogP contribution >= 0.6 is 11.8 Å². The van der Waals surface area contributed by atoms with Gasteiger partial charge in [0.05, 0.1) is 11.4 Å².